The molecule has 108 valence electrons. The van der Waals surface area contributed by atoms with E-state index in [0.29, 0.717) is 6.04 Å². The topological polar surface area (TPSA) is 24.9 Å². The van der Waals surface area contributed by atoms with Crippen LogP contribution >= 0.6 is 0 Å². The summed E-state index contributed by atoms with van der Waals surface area (Å²) in [6.07, 6.45) is 3.51. The first-order chi connectivity index (χ1) is 9.69. The van der Waals surface area contributed by atoms with Crippen LogP contribution in [0.4, 0.5) is 0 Å². The standard InChI is InChI=1S/C18H26N2/c1-4-19-16(11-9-14(2)3)13-17-12-10-15-7-5-6-8-18(15)20-17/h5-8,10,12,14,16,19H,4,9,11,13H2,1-3H3. The van der Waals surface area contributed by atoms with Crippen LogP contribution in [0.15, 0.2) is 36.4 Å². The summed E-state index contributed by atoms with van der Waals surface area (Å²) in [5, 5.41) is 4.82. The van der Waals surface area contributed by atoms with Crippen LogP contribution in [-0.4, -0.2) is 17.6 Å². The molecule has 0 amide bonds. The van der Waals surface area contributed by atoms with Crippen molar-refractivity contribution in [3.63, 3.8) is 0 Å². The summed E-state index contributed by atoms with van der Waals surface area (Å²) in [6, 6.07) is 13.2. The lowest BCUT2D eigenvalue weighted by Gasteiger charge is -2.18. The first kappa shape index (κ1) is 15.0. The van der Waals surface area contributed by atoms with Crippen molar-refractivity contribution in [2.24, 2.45) is 5.92 Å². The van der Waals surface area contributed by atoms with E-state index in [1.165, 1.54) is 23.9 Å². The fourth-order valence-corrected chi connectivity index (χ4v) is 2.57. The van der Waals surface area contributed by atoms with Gasteiger partial charge in [-0.05, 0) is 37.4 Å². The van der Waals surface area contributed by atoms with Crippen molar-refractivity contribution in [2.75, 3.05) is 6.54 Å². The van der Waals surface area contributed by atoms with Crippen LogP contribution in [0.25, 0.3) is 10.9 Å². The van der Waals surface area contributed by atoms with Crippen LogP contribution in [0.3, 0.4) is 0 Å². The largest absolute Gasteiger partial charge is 0.314 e. The second-order valence-corrected chi connectivity index (χ2v) is 5.93. The van der Waals surface area contributed by atoms with Gasteiger partial charge in [0.1, 0.15) is 0 Å². The van der Waals surface area contributed by atoms with E-state index in [1.54, 1.807) is 0 Å². The van der Waals surface area contributed by atoms with E-state index in [-0.39, 0.29) is 0 Å². The van der Waals surface area contributed by atoms with Gasteiger partial charge >= 0.3 is 0 Å². The van der Waals surface area contributed by atoms with Crippen LogP contribution in [0, 0.1) is 5.92 Å². The fraction of sp³-hybridized carbons (Fsp3) is 0.500. The predicted octanol–water partition coefficient (Wildman–Crippen LogP) is 4.19. The molecule has 0 aliphatic heterocycles. The summed E-state index contributed by atoms with van der Waals surface area (Å²) in [7, 11) is 0. The highest BCUT2D eigenvalue weighted by atomic mass is 14.9. The molecular formula is C18H26N2. The Morgan fingerprint density at radius 2 is 1.85 bits per heavy atom. The average Bonchev–Trinajstić information content (AvgIpc) is 2.45. The number of nitrogens with one attached hydrogen (secondary N) is 1. The van der Waals surface area contributed by atoms with Crippen molar-refractivity contribution >= 4 is 10.9 Å². The summed E-state index contributed by atoms with van der Waals surface area (Å²) in [4.78, 5) is 4.78. The van der Waals surface area contributed by atoms with Gasteiger partial charge in [-0.15, -0.1) is 0 Å². The third-order valence-corrected chi connectivity index (χ3v) is 3.70. The van der Waals surface area contributed by atoms with Gasteiger partial charge in [0.05, 0.1) is 5.52 Å². The maximum absolute atomic E-state index is 4.78. The summed E-state index contributed by atoms with van der Waals surface area (Å²) in [6.45, 7) is 7.78. The molecule has 0 radical (unpaired) electrons. The number of rotatable bonds is 7. The molecule has 2 nitrogen and oxygen atoms in total. The molecule has 1 aromatic heterocycles. The van der Waals surface area contributed by atoms with Crippen molar-refractivity contribution in [1.82, 2.24) is 10.3 Å². The minimum absolute atomic E-state index is 0.538. The van der Waals surface area contributed by atoms with Crippen LogP contribution < -0.4 is 5.32 Å². The fourth-order valence-electron chi connectivity index (χ4n) is 2.57. The van der Waals surface area contributed by atoms with Gasteiger partial charge in [0.2, 0.25) is 0 Å². The Balaban J connectivity index is 2.07. The molecule has 1 heterocycles. The Morgan fingerprint density at radius 3 is 2.60 bits per heavy atom. The molecule has 2 heteroatoms. The molecule has 0 aliphatic carbocycles. The summed E-state index contributed by atoms with van der Waals surface area (Å²) < 4.78 is 0. The molecule has 1 unspecified atom stereocenters. The van der Waals surface area contributed by atoms with Crippen molar-refractivity contribution in [2.45, 2.75) is 46.1 Å². The third kappa shape index (κ3) is 4.31. The van der Waals surface area contributed by atoms with E-state index < -0.39 is 0 Å². The van der Waals surface area contributed by atoms with Gasteiger partial charge in [-0.25, -0.2) is 0 Å². The third-order valence-electron chi connectivity index (χ3n) is 3.70. The molecule has 1 aromatic carbocycles. The number of hydrogen-bond acceptors (Lipinski definition) is 2. The monoisotopic (exact) mass is 270 g/mol. The van der Waals surface area contributed by atoms with E-state index >= 15 is 0 Å². The number of aromatic nitrogens is 1. The number of hydrogen-bond donors (Lipinski definition) is 1. The van der Waals surface area contributed by atoms with Crippen LogP contribution in [0.2, 0.25) is 0 Å². The lowest BCUT2D eigenvalue weighted by Crippen LogP contribution is -2.31. The molecular weight excluding hydrogens is 244 g/mol. The smallest absolute Gasteiger partial charge is 0.0705 e. The molecule has 2 aromatic rings. The molecule has 0 saturated carbocycles. The molecule has 2 rings (SSSR count). The predicted molar refractivity (Wildman–Crippen MR) is 87.0 cm³/mol. The lowest BCUT2D eigenvalue weighted by atomic mass is 9.99. The summed E-state index contributed by atoms with van der Waals surface area (Å²) in [5.41, 5.74) is 2.29. The number of likely N-dealkylation sites (N-methyl/N-ethyl adjacent to an activating group) is 1. The molecule has 1 atom stereocenters. The maximum Gasteiger partial charge on any atom is 0.0705 e. The maximum atomic E-state index is 4.78. The highest BCUT2D eigenvalue weighted by Gasteiger charge is 2.10. The van der Waals surface area contributed by atoms with E-state index in [2.05, 4.69) is 62.5 Å². The zero-order valence-corrected chi connectivity index (χ0v) is 12.9. The molecule has 1 N–H and O–H groups in total. The number of nitrogens with zero attached hydrogens (tertiary/aromatic N) is 1. The van der Waals surface area contributed by atoms with Crippen LogP contribution in [-0.2, 0) is 6.42 Å². The van der Waals surface area contributed by atoms with Gasteiger partial charge in [-0.1, -0.05) is 45.0 Å². The lowest BCUT2D eigenvalue weighted by molar-refractivity contribution is 0.432. The van der Waals surface area contributed by atoms with Gasteiger partial charge in [0, 0.05) is 23.5 Å². The molecule has 0 spiro atoms. The zero-order valence-electron chi connectivity index (χ0n) is 12.9. The number of benzene rings is 1. The summed E-state index contributed by atoms with van der Waals surface area (Å²) in [5.74, 6) is 0.765. The van der Waals surface area contributed by atoms with Crippen LogP contribution in [0.1, 0.15) is 39.3 Å². The first-order valence-electron chi connectivity index (χ1n) is 7.77. The van der Waals surface area contributed by atoms with Crippen LogP contribution in [0.5, 0.6) is 0 Å². The van der Waals surface area contributed by atoms with Gasteiger partial charge in [-0.3, -0.25) is 4.98 Å². The van der Waals surface area contributed by atoms with E-state index in [4.69, 9.17) is 4.98 Å². The second-order valence-electron chi connectivity index (χ2n) is 5.93. The SMILES string of the molecule is CCNC(CCC(C)C)Cc1ccc2ccccc2n1. The van der Waals surface area contributed by atoms with Gasteiger partial charge in [0.15, 0.2) is 0 Å². The molecule has 20 heavy (non-hydrogen) atoms. The minimum atomic E-state index is 0.538. The van der Waals surface area contributed by atoms with Crippen molar-refractivity contribution in [3.8, 4) is 0 Å². The number of pyridine rings is 1. The number of para-hydroxylation sites is 1. The average molecular weight is 270 g/mol. The molecule has 0 bridgehead atoms. The quantitative estimate of drug-likeness (QED) is 0.816. The van der Waals surface area contributed by atoms with Crippen molar-refractivity contribution < 1.29 is 0 Å². The summed E-state index contributed by atoms with van der Waals surface area (Å²) >= 11 is 0. The highest BCUT2D eigenvalue weighted by molar-refractivity contribution is 5.78. The Kier molecular flexibility index (Phi) is 5.54. The van der Waals surface area contributed by atoms with Crippen molar-refractivity contribution in [3.05, 3.63) is 42.1 Å². The molecule has 0 aliphatic rings. The van der Waals surface area contributed by atoms with Crippen molar-refractivity contribution in [1.29, 1.82) is 0 Å². The Bertz CT molecular complexity index is 534. The van der Waals surface area contributed by atoms with E-state index in [9.17, 15) is 0 Å². The minimum Gasteiger partial charge on any atom is -0.314 e. The first-order valence-corrected chi connectivity index (χ1v) is 7.77. The second kappa shape index (κ2) is 7.39. The Labute approximate surface area is 122 Å². The van der Waals surface area contributed by atoms with Gasteiger partial charge in [0.25, 0.3) is 0 Å². The van der Waals surface area contributed by atoms with Gasteiger partial charge in [-0.2, -0.15) is 0 Å². The molecule has 0 saturated heterocycles. The molecule has 0 fully saturated rings. The van der Waals surface area contributed by atoms with E-state index in [0.717, 1.165) is 24.4 Å². The normalized spacial score (nSPS) is 13.0. The Hall–Kier alpha value is -1.41. The Morgan fingerprint density at radius 1 is 1.05 bits per heavy atom. The van der Waals surface area contributed by atoms with Gasteiger partial charge < -0.3 is 5.32 Å². The zero-order chi connectivity index (χ0) is 14.4. The number of fused-ring (bicyclic) bond motifs is 1. The highest BCUT2D eigenvalue weighted by Crippen LogP contribution is 2.15. The van der Waals surface area contributed by atoms with E-state index in [1.807, 2.05) is 0 Å².